The van der Waals surface area contributed by atoms with Crippen LogP contribution in [-0.4, -0.2) is 22.2 Å². The van der Waals surface area contributed by atoms with Crippen molar-refractivity contribution in [2.45, 2.75) is 176 Å². The monoisotopic (exact) mass is 524 g/mol. The lowest BCUT2D eigenvalue weighted by Gasteiger charge is -2.42. The Balaban J connectivity index is 5.00. The largest absolute Gasteiger partial charge is 0.481 e. The minimum Gasteiger partial charge on any atom is -0.481 e. The molecule has 0 aromatic rings. The van der Waals surface area contributed by atoms with Gasteiger partial charge >= 0.3 is 11.9 Å². The molecule has 0 heterocycles. The third-order valence-electron chi connectivity index (χ3n) is 8.95. The molecule has 3 atom stereocenters. The fourth-order valence-electron chi connectivity index (χ4n) is 6.43. The smallest absolute Gasteiger partial charge is 0.303 e. The summed E-state index contributed by atoms with van der Waals surface area (Å²) in [6.45, 7) is 11.7. The summed E-state index contributed by atoms with van der Waals surface area (Å²) in [7, 11) is 0. The number of carboxylic acid groups (broad SMARTS) is 2. The van der Waals surface area contributed by atoms with E-state index in [1.54, 1.807) is 0 Å². The van der Waals surface area contributed by atoms with Crippen LogP contribution in [-0.2, 0) is 9.59 Å². The van der Waals surface area contributed by atoms with E-state index in [0.717, 1.165) is 32.1 Å². The molecule has 0 radical (unpaired) electrons. The molecular formula is C33H64O4. The van der Waals surface area contributed by atoms with Gasteiger partial charge in [0.15, 0.2) is 0 Å². The summed E-state index contributed by atoms with van der Waals surface area (Å²) in [5.41, 5.74) is 0.108. The van der Waals surface area contributed by atoms with Gasteiger partial charge in [-0.25, -0.2) is 0 Å². The average molecular weight is 525 g/mol. The number of aliphatic carboxylic acids is 2. The van der Waals surface area contributed by atoms with E-state index in [-0.39, 0.29) is 11.3 Å². The summed E-state index contributed by atoms with van der Waals surface area (Å²) in [6.07, 6.45) is 24.3. The third kappa shape index (κ3) is 18.8. The standard InChI is InChI=1S/C33H64O4/c1-6-10-21-28(8-3)26-33(5,27-29(9-4)22-11-7-2)30(25-32(36)37)23-19-17-15-13-12-14-16-18-20-24-31(34)35/h28-30H,6-27H2,1-5H3,(H,34,35)(H,36,37). The maximum atomic E-state index is 12.0. The molecular weight excluding hydrogens is 460 g/mol. The minimum absolute atomic E-state index is 0.108. The van der Waals surface area contributed by atoms with Gasteiger partial charge in [-0.05, 0) is 48.9 Å². The highest BCUT2D eigenvalue weighted by Crippen LogP contribution is 2.47. The van der Waals surface area contributed by atoms with Gasteiger partial charge in [-0.3, -0.25) is 9.59 Å². The average Bonchev–Trinajstić information content (AvgIpc) is 2.86. The van der Waals surface area contributed by atoms with Crippen molar-refractivity contribution in [2.75, 3.05) is 0 Å². The second-order valence-corrected chi connectivity index (χ2v) is 12.3. The number of rotatable bonds is 27. The zero-order valence-corrected chi connectivity index (χ0v) is 25.5. The third-order valence-corrected chi connectivity index (χ3v) is 8.95. The van der Waals surface area contributed by atoms with Crippen LogP contribution in [0.25, 0.3) is 0 Å². The fourth-order valence-corrected chi connectivity index (χ4v) is 6.43. The molecule has 37 heavy (non-hydrogen) atoms. The Bertz CT molecular complexity index is 541. The predicted molar refractivity (Wildman–Crippen MR) is 158 cm³/mol. The molecule has 4 heteroatoms. The highest BCUT2D eigenvalue weighted by molar-refractivity contribution is 5.67. The molecule has 0 aliphatic heterocycles. The Labute approximate surface area is 230 Å². The lowest BCUT2D eigenvalue weighted by Crippen LogP contribution is -2.34. The first kappa shape index (κ1) is 35.9. The van der Waals surface area contributed by atoms with Crippen molar-refractivity contribution in [3.63, 3.8) is 0 Å². The Hall–Kier alpha value is -1.06. The lowest BCUT2D eigenvalue weighted by atomic mass is 9.62. The quantitative estimate of drug-likeness (QED) is 0.105. The summed E-state index contributed by atoms with van der Waals surface area (Å²) < 4.78 is 0. The van der Waals surface area contributed by atoms with Crippen LogP contribution in [0.2, 0.25) is 0 Å². The zero-order chi connectivity index (χ0) is 27.9. The maximum Gasteiger partial charge on any atom is 0.303 e. The molecule has 0 aliphatic carbocycles. The normalized spacial score (nSPS) is 15.7. The van der Waals surface area contributed by atoms with Crippen LogP contribution < -0.4 is 0 Å². The molecule has 0 spiro atoms. The summed E-state index contributed by atoms with van der Waals surface area (Å²) in [6, 6.07) is 0. The molecule has 220 valence electrons. The van der Waals surface area contributed by atoms with Crippen LogP contribution in [0.15, 0.2) is 0 Å². The van der Waals surface area contributed by atoms with Gasteiger partial charge in [0.25, 0.3) is 0 Å². The predicted octanol–water partition coefficient (Wildman–Crippen LogP) is 10.7. The second-order valence-electron chi connectivity index (χ2n) is 12.3. The molecule has 2 N–H and O–H groups in total. The summed E-state index contributed by atoms with van der Waals surface area (Å²) in [5, 5.41) is 18.6. The van der Waals surface area contributed by atoms with Crippen LogP contribution in [0.4, 0.5) is 0 Å². The van der Waals surface area contributed by atoms with Gasteiger partial charge in [-0.2, -0.15) is 0 Å². The number of unbranched alkanes of at least 4 members (excludes halogenated alkanes) is 10. The van der Waals surface area contributed by atoms with Gasteiger partial charge < -0.3 is 10.2 Å². The van der Waals surface area contributed by atoms with Gasteiger partial charge in [-0.15, -0.1) is 0 Å². The Kier molecular flexibility index (Phi) is 22.2. The van der Waals surface area contributed by atoms with E-state index >= 15 is 0 Å². The highest BCUT2D eigenvalue weighted by atomic mass is 16.4. The van der Waals surface area contributed by atoms with Crippen molar-refractivity contribution in [3.05, 3.63) is 0 Å². The Morgan fingerprint density at radius 3 is 1.41 bits per heavy atom. The lowest BCUT2D eigenvalue weighted by molar-refractivity contribution is -0.140. The first-order chi connectivity index (χ1) is 17.7. The molecule has 0 saturated heterocycles. The molecule has 0 amide bonds. The zero-order valence-electron chi connectivity index (χ0n) is 25.5. The summed E-state index contributed by atoms with van der Waals surface area (Å²) >= 11 is 0. The SMILES string of the molecule is CCCCC(CC)CC(C)(CC(CC)CCCC)C(CCCCCCCCCCCC(=O)O)CC(=O)O. The second kappa shape index (κ2) is 22.9. The van der Waals surface area contributed by atoms with Crippen molar-refractivity contribution in [3.8, 4) is 0 Å². The first-order valence-electron chi connectivity index (χ1n) is 16.2. The number of hydrogen-bond acceptors (Lipinski definition) is 2. The fraction of sp³-hybridized carbons (Fsp3) is 0.939. The topological polar surface area (TPSA) is 74.6 Å². The van der Waals surface area contributed by atoms with Crippen LogP contribution in [0.1, 0.15) is 176 Å². The van der Waals surface area contributed by atoms with E-state index in [1.807, 2.05) is 0 Å². The van der Waals surface area contributed by atoms with E-state index < -0.39 is 11.9 Å². The van der Waals surface area contributed by atoms with E-state index in [0.29, 0.717) is 24.7 Å². The van der Waals surface area contributed by atoms with Crippen LogP contribution in [0, 0.1) is 23.2 Å². The molecule has 0 bridgehead atoms. The van der Waals surface area contributed by atoms with Crippen molar-refractivity contribution in [1.82, 2.24) is 0 Å². The van der Waals surface area contributed by atoms with Crippen LogP contribution in [0.3, 0.4) is 0 Å². The Morgan fingerprint density at radius 2 is 1.03 bits per heavy atom. The molecule has 0 aliphatic rings. The maximum absolute atomic E-state index is 12.0. The molecule has 0 rings (SSSR count). The van der Waals surface area contributed by atoms with Crippen molar-refractivity contribution in [2.24, 2.45) is 23.2 Å². The number of hydrogen-bond donors (Lipinski definition) is 2. The minimum atomic E-state index is -0.686. The number of carbonyl (C=O) groups is 2. The summed E-state index contributed by atoms with van der Waals surface area (Å²) in [5.74, 6) is 0.378. The molecule has 0 fully saturated rings. The molecule has 0 aromatic heterocycles. The summed E-state index contributed by atoms with van der Waals surface area (Å²) in [4.78, 5) is 22.6. The van der Waals surface area contributed by atoms with E-state index in [1.165, 1.54) is 96.3 Å². The molecule has 4 nitrogen and oxygen atoms in total. The first-order valence-corrected chi connectivity index (χ1v) is 16.2. The molecule has 0 saturated carbocycles. The van der Waals surface area contributed by atoms with Crippen molar-refractivity contribution < 1.29 is 19.8 Å². The highest BCUT2D eigenvalue weighted by Gasteiger charge is 2.38. The van der Waals surface area contributed by atoms with Gasteiger partial charge in [-0.1, -0.05) is 137 Å². The van der Waals surface area contributed by atoms with E-state index in [4.69, 9.17) is 5.11 Å². The van der Waals surface area contributed by atoms with Gasteiger partial charge in [0.1, 0.15) is 0 Å². The van der Waals surface area contributed by atoms with Crippen molar-refractivity contribution >= 4 is 11.9 Å². The van der Waals surface area contributed by atoms with E-state index in [9.17, 15) is 14.7 Å². The van der Waals surface area contributed by atoms with Gasteiger partial charge in [0.05, 0.1) is 0 Å². The van der Waals surface area contributed by atoms with Crippen LogP contribution in [0.5, 0.6) is 0 Å². The van der Waals surface area contributed by atoms with Gasteiger partial charge in [0.2, 0.25) is 0 Å². The van der Waals surface area contributed by atoms with Crippen molar-refractivity contribution in [1.29, 1.82) is 0 Å². The molecule has 3 unspecified atom stereocenters. The molecule has 0 aromatic carbocycles. The van der Waals surface area contributed by atoms with Gasteiger partial charge in [0, 0.05) is 12.8 Å². The van der Waals surface area contributed by atoms with Crippen LogP contribution >= 0.6 is 0 Å². The van der Waals surface area contributed by atoms with E-state index in [2.05, 4.69) is 34.6 Å². The Morgan fingerprint density at radius 1 is 0.595 bits per heavy atom. The number of carboxylic acids is 2.